The molecule has 0 aliphatic rings. The molecule has 0 bridgehead atoms. The molecule has 1 N–H and O–H groups in total. The number of hydrogen-bond donors (Lipinski definition) is 1. The summed E-state index contributed by atoms with van der Waals surface area (Å²) in [7, 11) is 0. The Labute approximate surface area is 108 Å². The molecule has 1 aromatic rings. The second-order valence-electron chi connectivity index (χ2n) is 4.20. The van der Waals surface area contributed by atoms with Gasteiger partial charge in [-0.3, -0.25) is 4.79 Å². The first-order chi connectivity index (χ1) is 8.72. The molecule has 0 fully saturated rings. The molecule has 0 unspecified atom stereocenters. The molecule has 3 nitrogen and oxygen atoms in total. The number of rotatable bonds is 9. The monoisotopic (exact) mass is 248 g/mol. The van der Waals surface area contributed by atoms with Gasteiger partial charge in [-0.1, -0.05) is 18.2 Å². The van der Waals surface area contributed by atoms with Crippen molar-refractivity contribution in [3.05, 3.63) is 42.5 Å². The molecular formula is C15H20O3. The molecule has 18 heavy (non-hydrogen) atoms. The molecule has 0 heterocycles. The van der Waals surface area contributed by atoms with Gasteiger partial charge in [-0.15, -0.1) is 6.58 Å². The summed E-state index contributed by atoms with van der Waals surface area (Å²) in [6.07, 6.45) is 6.38. The predicted octanol–water partition coefficient (Wildman–Crippen LogP) is 3.44. The summed E-state index contributed by atoms with van der Waals surface area (Å²) < 4.78 is 5.57. The maximum atomic E-state index is 10.5. The SMILES string of the molecule is C=CCCCCCOc1ccc(CC(=O)O)cc1. The third-order valence-electron chi connectivity index (χ3n) is 2.60. The number of carboxylic acids is 1. The van der Waals surface area contributed by atoms with Gasteiger partial charge >= 0.3 is 5.97 Å². The first kappa shape index (κ1) is 14.3. The number of allylic oxidation sites excluding steroid dienone is 1. The van der Waals surface area contributed by atoms with E-state index in [0.29, 0.717) is 6.61 Å². The van der Waals surface area contributed by atoms with Crippen LogP contribution in [0.2, 0.25) is 0 Å². The van der Waals surface area contributed by atoms with Crippen LogP contribution in [0.3, 0.4) is 0 Å². The fourth-order valence-corrected chi connectivity index (χ4v) is 1.64. The highest BCUT2D eigenvalue weighted by molar-refractivity contribution is 5.70. The molecule has 0 aliphatic heterocycles. The Hall–Kier alpha value is -1.77. The van der Waals surface area contributed by atoms with Crippen molar-refractivity contribution in [1.82, 2.24) is 0 Å². The van der Waals surface area contributed by atoms with Crippen LogP contribution in [0.1, 0.15) is 31.2 Å². The van der Waals surface area contributed by atoms with Gasteiger partial charge in [-0.05, 0) is 43.4 Å². The van der Waals surface area contributed by atoms with E-state index in [2.05, 4.69) is 6.58 Å². The highest BCUT2D eigenvalue weighted by Gasteiger charge is 2.00. The van der Waals surface area contributed by atoms with Crippen LogP contribution in [0.5, 0.6) is 5.75 Å². The van der Waals surface area contributed by atoms with Crippen LogP contribution in [0.15, 0.2) is 36.9 Å². The van der Waals surface area contributed by atoms with Crippen LogP contribution in [0.4, 0.5) is 0 Å². The van der Waals surface area contributed by atoms with Gasteiger partial charge in [0.2, 0.25) is 0 Å². The smallest absolute Gasteiger partial charge is 0.307 e. The average Bonchev–Trinajstić information content (AvgIpc) is 2.35. The summed E-state index contributed by atoms with van der Waals surface area (Å²) in [4.78, 5) is 10.5. The number of carbonyl (C=O) groups is 1. The third kappa shape index (κ3) is 6.09. The Morgan fingerprint density at radius 1 is 1.22 bits per heavy atom. The second kappa shape index (κ2) is 8.34. The van der Waals surface area contributed by atoms with Gasteiger partial charge in [0.05, 0.1) is 13.0 Å². The van der Waals surface area contributed by atoms with Gasteiger partial charge in [0.25, 0.3) is 0 Å². The summed E-state index contributed by atoms with van der Waals surface area (Å²) >= 11 is 0. The summed E-state index contributed by atoms with van der Waals surface area (Å²) in [5.74, 6) is -0.0150. The van der Waals surface area contributed by atoms with Crippen LogP contribution in [-0.2, 0) is 11.2 Å². The van der Waals surface area contributed by atoms with Gasteiger partial charge < -0.3 is 9.84 Å². The Balaban J connectivity index is 2.22. The van der Waals surface area contributed by atoms with Crippen molar-refractivity contribution in [2.75, 3.05) is 6.61 Å². The van der Waals surface area contributed by atoms with Crippen LogP contribution in [-0.4, -0.2) is 17.7 Å². The van der Waals surface area contributed by atoms with Gasteiger partial charge in [-0.2, -0.15) is 0 Å². The highest BCUT2D eigenvalue weighted by Crippen LogP contribution is 2.13. The van der Waals surface area contributed by atoms with E-state index in [4.69, 9.17) is 9.84 Å². The second-order valence-corrected chi connectivity index (χ2v) is 4.20. The van der Waals surface area contributed by atoms with Gasteiger partial charge in [0.15, 0.2) is 0 Å². The minimum atomic E-state index is -0.814. The zero-order valence-corrected chi connectivity index (χ0v) is 10.6. The minimum Gasteiger partial charge on any atom is -0.494 e. The molecule has 3 heteroatoms. The lowest BCUT2D eigenvalue weighted by Gasteiger charge is -2.06. The first-order valence-electron chi connectivity index (χ1n) is 6.27. The van der Waals surface area contributed by atoms with E-state index in [0.717, 1.165) is 37.0 Å². The van der Waals surface area contributed by atoms with Crippen LogP contribution < -0.4 is 4.74 Å². The number of carboxylic acid groups (broad SMARTS) is 1. The lowest BCUT2D eigenvalue weighted by molar-refractivity contribution is -0.136. The standard InChI is InChI=1S/C15H20O3/c1-2-3-4-5-6-11-18-14-9-7-13(8-10-14)12-15(16)17/h2,7-10H,1,3-6,11-12H2,(H,16,17). The Morgan fingerprint density at radius 3 is 2.56 bits per heavy atom. The molecule has 1 aromatic carbocycles. The molecule has 0 atom stereocenters. The van der Waals surface area contributed by atoms with Crippen molar-refractivity contribution in [3.8, 4) is 5.75 Å². The molecular weight excluding hydrogens is 228 g/mol. The Kier molecular flexibility index (Phi) is 6.62. The minimum absolute atomic E-state index is 0.0574. The number of hydrogen-bond acceptors (Lipinski definition) is 2. The quantitative estimate of drug-likeness (QED) is 0.538. The summed E-state index contributed by atoms with van der Waals surface area (Å²) in [5.41, 5.74) is 0.792. The number of benzene rings is 1. The summed E-state index contributed by atoms with van der Waals surface area (Å²) in [6.45, 7) is 4.39. The summed E-state index contributed by atoms with van der Waals surface area (Å²) in [5, 5.41) is 8.64. The number of unbranched alkanes of at least 4 members (excludes halogenated alkanes) is 3. The van der Waals surface area contributed by atoms with Crippen molar-refractivity contribution in [2.24, 2.45) is 0 Å². The Morgan fingerprint density at radius 2 is 1.94 bits per heavy atom. The van der Waals surface area contributed by atoms with E-state index in [1.807, 2.05) is 18.2 Å². The highest BCUT2D eigenvalue weighted by atomic mass is 16.5. The topological polar surface area (TPSA) is 46.5 Å². The third-order valence-corrected chi connectivity index (χ3v) is 2.60. The van der Waals surface area contributed by atoms with Gasteiger partial charge in [-0.25, -0.2) is 0 Å². The van der Waals surface area contributed by atoms with Gasteiger partial charge in [0.1, 0.15) is 5.75 Å². The molecule has 0 aromatic heterocycles. The van der Waals surface area contributed by atoms with Crippen LogP contribution in [0.25, 0.3) is 0 Å². The molecule has 98 valence electrons. The first-order valence-corrected chi connectivity index (χ1v) is 6.27. The van der Waals surface area contributed by atoms with E-state index in [9.17, 15) is 4.79 Å². The molecule has 1 rings (SSSR count). The zero-order valence-electron chi connectivity index (χ0n) is 10.6. The maximum absolute atomic E-state index is 10.5. The lowest BCUT2D eigenvalue weighted by atomic mass is 10.1. The van der Waals surface area contributed by atoms with E-state index in [1.54, 1.807) is 12.1 Å². The van der Waals surface area contributed by atoms with Crippen molar-refractivity contribution in [2.45, 2.75) is 32.1 Å². The largest absolute Gasteiger partial charge is 0.494 e. The summed E-state index contributed by atoms with van der Waals surface area (Å²) in [6, 6.07) is 7.23. The Bertz CT molecular complexity index is 368. The average molecular weight is 248 g/mol. The molecule has 0 saturated heterocycles. The molecule has 0 amide bonds. The number of ether oxygens (including phenoxy) is 1. The van der Waals surface area contributed by atoms with Crippen molar-refractivity contribution in [1.29, 1.82) is 0 Å². The molecule has 0 aliphatic carbocycles. The number of aliphatic carboxylic acids is 1. The van der Waals surface area contributed by atoms with E-state index < -0.39 is 5.97 Å². The maximum Gasteiger partial charge on any atom is 0.307 e. The van der Waals surface area contributed by atoms with Crippen molar-refractivity contribution >= 4 is 5.97 Å². The van der Waals surface area contributed by atoms with E-state index in [-0.39, 0.29) is 6.42 Å². The van der Waals surface area contributed by atoms with Crippen molar-refractivity contribution in [3.63, 3.8) is 0 Å². The fraction of sp³-hybridized carbons (Fsp3) is 0.400. The molecule has 0 saturated carbocycles. The lowest BCUT2D eigenvalue weighted by Crippen LogP contribution is -2.00. The molecule has 0 spiro atoms. The van der Waals surface area contributed by atoms with Crippen LogP contribution in [0, 0.1) is 0 Å². The van der Waals surface area contributed by atoms with E-state index in [1.165, 1.54) is 0 Å². The van der Waals surface area contributed by atoms with E-state index >= 15 is 0 Å². The molecule has 0 radical (unpaired) electrons. The van der Waals surface area contributed by atoms with Crippen LogP contribution >= 0.6 is 0 Å². The fourth-order valence-electron chi connectivity index (χ4n) is 1.64. The van der Waals surface area contributed by atoms with Gasteiger partial charge in [0, 0.05) is 0 Å². The normalized spacial score (nSPS) is 10.0. The van der Waals surface area contributed by atoms with Crippen molar-refractivity contribution < 1.29 is 14.6 Å². The predicted molar refractivity (Wildman–Crippen MR) is 71.9 cm³/mol. The zero-order chi connectivity index (χ0) is 13.2.